The van der Waals surface area contributed by atoms with Gasteiger partial charge >= 0.3 is 0 Å². The molecule has 1 aromatic carbocycles. The van der Waals surface area contributed by atoms with E-state index in [0.717, 1.165) is 25.9 Å². The molecule has 0 fully saturated rings. The van der Waals surface area contributed by atoms with Crippen molar-refractivity contribution in [1.29, 1.82) is 0 Å². The summed E-state index contributed by atoms with van der Waals surface area (Å²) in [6.07, 6.45) is 2.20. The summed E-state index contributed by atoms with van der Waals surface area (Å²) in [5.41, 5.74) is 2.46. The summed E-state index contributed by atoms with van der Waals surface area (Å²) < 4.78 is 0. The topological polar surface area (TPSA) is 20.3 Å². The standard InChI is InChI=1S/C14H21NO/c1-4-5-10-15(13(3)16)11-14-8-6-12(2)7-9-14/h6-9H,4-5,10-11H2,1-3H3. The second-order valence-electron chi connectivity index (χ2n) is 4.28. The molecule has 1 rings (SSSR count). The molecule has 0 heterocycles. The number of rotatable bonds is 5. The highest BCUT2D eigenvalue weighted by Gasteiger charge is 2.08. The summed E-state index contributed by atoms with van der Waals surface area (Å²) in [7, 11) is 0. The zero-order valence-corrected chi connectivity index (χ0v) is 10.5. The first-order valence-electron chi connectivity index (χ1n) is 5.94. The van der Waals surface area contributed by atoms with Crippen molar-refractivity contribution in [1.82, 2.24) is 4.90 Å². The molecule has 0 aliphatic heterocycles. The number of unbranched alkanes of at least 4 members (excludes halogenated alkanes) is 1. The molecule has 1 amide bonds. The van der Waals surface area contributed by atoms with Crippen LogP contribution < -0.4 is 0 Å². The van der Waals surface area contributed by atoms with Crippen molar-refractivity contribution in [2.24, 2.45) is 0 Å². The molecule has 2 nitrogen and oxygen atoms in total. The lowest BCUT2D eigenvalue weighted by Crippen LogP contribution is -2.29. The van der Waals surface area contributed by atoms with Crippen LogP contribution in [0.2, 0.25) is 0 Å². The van der Waals surface area contributed by atoms with Crippen molar-refractivity contribution in [2.45, 2.75) is 40.2 Å². The van der Waals surface area contributed by atoms with Crippen LogP contribution in [-0.2, 0) is 11.3 Å². The molecule has 0 aromatic heterocycles. The van der Waals surface area contributed by atoms with Gasteiger partial charge in [-0.15, -0.1) is 0 Å². The maximum Gasteiger partial charge on any atom is 0.219 e. The Bertz CT molecular complexity index is 329. The van der Waals surface area contributed by atoms with Crippen LogP contribution >= 0.6 is 0 Å². The first kappa shape index (κ1) is 12.8. The Labute approximate surface area is 98.3 Å². The van der Waals surface area contributed by atoms with E-state index >= 15 is 0 Å². The average molecular weight is 219 g/mol. The lowest BCUT2D eigenvalue weighted by molar-refractivity contribution is -0.129. The maximum atomic E-state index is 11.4. The average Bonchev–Trinajstić information content (AvgIpc) is 2.26. The second-order valence-corrected chi connectivity index (χ2v) is 4.28. The lowest BCUT2D eigenvalue weighted by atomic mass is 10.1. The largest absolute Gasteiger partial charge is 0.339 e. The predicted octanol–water partition coefficient (Wildman–Crippen LogP) is 3.14. The fraction of sp³-hybridized carbons (Fsp3) is 0.500. The van der Waals surface area contributed by atoms with Crippen LogP contribution in [0.5, 0.6) is 0 Å². The third kappa shape index (κ3) is 4.05. The van der Waals surface area contributed by atoms with Crippen molar-refractivity contribution in [2.75, 3.05) is 6.54 Å². The second kappa shape index (κ2) is 6.31. The van der Waals surface area contributed by atoms with Crippen LogP contribution in [0.3, 0.4) is 0 Å². The monoisotopic (exact) mass is 219 g/mol. The van der Waals surface area contributed by atoms with E-state index in [1.165, 1.54) is 11.1 Å². The van der Waals surface area contributed by atoms with Gasteiger partial charge in [0.15, 0.2) is 0 Å². The molecule has 0 aliphatic rings. The molecule has 0 atom stereocenters. The van der Waals surface area contributed by atoms with Crippen molar-refractivity contribution < 1.29 is 4.79 Å². The molecule has 0 bridgehead atoms. The van der Waals surface area contributed by atoms with Crippen LogP contribution in [-0.4, -0.2) is 17.4 Å². The van der Waals surface area contributed by atoms with E-state index in [-0.39, 0.29) is 5.91 Å². The Morgan fingerprint density at radius 3 is 2.38 bits per heavy atom. The summed E-state index contributed by atoms with van der Waals surface area (Å²) in [6, 6.07) is 8.37. The SMILES string of the molecule is CCCCN(Cc1ccc(C)cc1)C(C)=O. The van der Waals surface area contributed by atoms with Gasteiger partial charge in [0.1, 0.15) is 0 Å². The van der Waals surface area contributed by atoms with Gasteiger partial charge in [-0.25, -0.2) is 0 Å². The minimum absolute atomic E-state index is 0.161. The number of aryl methyl sites for hydroxylation is 1. The summed E-state index contributed by atoms with van der Waals surface area (Å²) in [5, 5.41) is 0. The summed E-state index contributed by atoms with van der Waals surface area (Å²) in [6.45, 7) is 7.45. The minimum Gasteiger partial charge on any atom is -0.339 e. The molecule has 0 unspecified atom stereocenters. The van der Waals surface area contributed by atoms with E-state index in [4.69, 9.17) is 0 Å². The Morgan fingerprint density at radius 2 is 1.88 bits per heavy atom. The zero-order chi connectivity index (χ0) is 12.0. The molecular formula is C14H21NO. The van der Waals surface area contributed by atoms with Crippen LogP contribution in [0.1, 0.15) is 37.8 Å². The molecule has 1 aromatic rings. The number of nitrogens with zero attached hydrogens (tertiary/aromatic N) is 1. The van der Waals surface area contributed by atoms with E-state index in [1.807, 2.05) is 4.90 Å². The lowest BCUT2D eigenvalue weighted by Gasteiger charge is -2.20. The molecular weight excluding hydrogens is 198 g/mol. The Morgan fingerprint density at radius 1 is 1.25 bits per heavy atom. The molecule has 0 aliphatic carbocycles. The summed E-state index contributed by atoms with van der Waals surface area (Å²) in [5.74, 6) is 0.161. The van der Waals surface area contributed by atoms with Gasteiger partial charge < -0.3 is 4.90 Å². The predicted molar refractivity (Wildman–Crippen MR) is 67.2 cm³/mol. The molecule has 0 saturated carbocycles. The highest BCUT2D eigenvalue weighted by atomic mass is 16.2. The first-order chi connectivity index (χ1) is 7.63. The third-order valence-electron chi connectivity index (χ3n) is 2.72. The minimum atomic E-state index is 0.161. The molecule has 2 heteroatoms. The van der Waals surface area contributed by atoms with Gasteiger partial charge in [-0.05, 0) is 18.9 Å². The van der Waals surface area contributed by atoms with Gasteiger partial charge in [-0.1, -0.05) is 43.2 Å². The maximum absolute atomic E-state index is 11.4. The van der Waals surface area contributed by atoms with Crippen molar-refractivity contribution in [3.63, 3.8) is 0 Å². The van der Waals surface area contributed by atoms with E-state index in [1.54, 1.807) is 6.92 Å². The molecule has 0 saturated heterocycles. The Balaban J connectivity index is 2.60. The fourth-order valence-electron chi connectivity index (χ4n) is 1.61. The number of carbonyl (C=O) groups excluding carboxylic acids is 1. The van der Waals surface area contributed by atoms with Gasteiger partial charge in [0.25, 0.3) is 0 Å². The van der Waals surface area contributed by atoms with E-state index < -0.39 is 0 Å². The Hall–Kier alpha value is -1.31. The van der Waals surface area contributed by atoms with Crippen molar-refractivity contribution >= 4 is 5.91 Å². The number of carbonyl (C=O) groups is 1. The van der Waals surface area contributed by atoms with Crippen molar-refractivity contribution in [3.05, 3.63) is 35.4 Å². The van der Waals surface area contributed by atoms with Gasteiger partial charge in [0.2, 0.25) is 5.91 Å². The number of benzene rings is 1. The van der Waals surface area contributed by atoms with Crippen LogP contribution in [0.25, 0.3) is 0 Å². The van der Waals surface area contributed by atoms with E-state index in [0.29, 0.717) is 0 Å². The number of amides is 1. The molecule has 0 N–H and O–H groups in total. The number of hydrogen-bond acceptors (Lipinski definition) is 1. The van der Waals surface area contributed by atoms with E-state index in [9.17, 15) is 4.79 Å². The van der Waals surface area contributed by atoms with Gasteiger partial charge in [-0.2, -0.15) is 0 Å². The van der Waals surface area contributed by atoms with Crippen molar-refractivity contribution in [3.8, 4) is 0 Å². The zero-order valence-electron chi connectivity index (χ0n) is 10.5. The van der Waals surface area contributed by atoms with Gasteiger partial charge in [0, 0.05) is 20.0 Å². The van der Waals surface area contributed by atoms with Gasteiger partial charge in [-0.3, -0.25) is 4.79 Å². The normalized spacial score (nSPS) is 10.2. The molecule has 16 heavy (non-hydrogen) atoms. The fourth-order valence-corrected chi connectivity index (χ4v) is 1.61. The van der Waals surface area contributed by atoms with Crippen LogP contribution in [0.4, 0.5) is 0 Å². The highest BCUT2D eigenvalue weighted by Crippen LogP contribution is 2.08. The van der Waals surface area contributed by atoms with E-state index in [2.05, 4.69) is 38.1 Å². The molecule has 0 spiro atoms. The number of hydrogen-bond donors (Lipinski definition) is 0. The third-order valence-corrected chi connectivity index (χ3v) is 2.72. The molecule has 0 radical (unpaired) electrons. The highest BCUT2D eigenvalue weighted by molar-refractivity contribution is 5.73. The molecule has 88 valence electrons. The summed E-state index contributed by atoms with van der Waals surface area (Å²) in [4.78, 5) is 13.4. The van der Waals surface area contributed by atoms with Crippen LogP contribution in [0, 0.1) is 6.92 Å². The summed E-state index contributed by atoms with van der Waals surface area (Å²) >= 11 is 0. The smallest absolute Gasteiger partial charge is 0.219 e. The van der Waals surface area contributed by atoms with Gasteiger partial charge in [0.05, 0.1) is 0 Å². The van der Waals surface area contributed by atoms with Crippen LogP contribution in [0.15, 0.2) is 24.3 Å². The quantitative estimate of drug-likeness (QED) is 0.745. The first-order valence-corrected chi connectivity index (χ1v) is 5.94. The Kier molecular flexibility index (Phi) is 5.03.